The highest BCUT2D eigenvalue weighted by molar-refractivity contribution is 6.30. The van der Waals surface area contributed by atoms with Crippen LogP contribution in [0.25, 0.3) is 11.5 Å². The summed E-state index contributed by atoms with van der Waals surface area (Å²) in [6, 6.07) is 8.11. The van der Waals surface area contributed by atoms with Crippen molar-refractivity contribution in [3.8, 4) is 11.5 Å². The Hall–Kier alpha value is -1.36. The number of halogens is 1. The number of hydrogen-bond acceptors (Lipinski definition) is 4. The van der Waals surface area contributed by atoms with Gasteiger partial charge in [0.2, 0.25) is 5.89 Å². The normalized spacial score (nSPS) is 18.9. The Morgan fingerprint density at radius 2 is 2.08 bits per heavy atom. The van der Waals surface area contributed by atoms with E-state index < -0.39 is 0 Å². The standard InChI is InChI=1S/C19H25ClN2O2/c1-14-18(13-22-11-3-2-5-17(22)6-4-12-23)21-19(24-14)15-7-9-16(20)10-8-15/h7-10,17,23H,2-6,11-13H2,1H3. The SMILES string of the molecule is Cc1oc(-c2ccc(Cl)cc2)nc1CN1CCCCC1CCCO. The lowest BCUT2D eigenvalue weighted by Crippen LogP contribution is -2.39. The minimum Gasteiger partial charge on any atom is -0.441 e. The van der Waals surface area contributed by atoms with Crippen molar-refractivity contribution in [2.75, 3.05) is 13.2 Å². The van der Waals surface area contributed by atoms with Crippen LogP contribution in [0.15, 0.2) is 28.7 Å². The molecule has 0 amide bonds. The summed E-state index contributed by atoms with van der Waals surface area (Å²) in [4.78, 5) is 7.21. The highest BCUT2D eigenvalue weighted by Crippen LogP contribution is 2.27. The Morgan fingerprint density at radius 1 is 1.29 bits per heavy atom. The minimum absolute atomic E-state index is 0.272. The molecule has 130 valence electrons. The summed E-state index contributed by atoms with van der Waals surface area (Å²) in [6.07, 6.45) is 5.64. The molecule has 0 radical (unpaired) electrons. The fraction of sp³-hybridized carbons (Fsp3) is 0.526. The fourth-order valence-electron chi connectivity index (χ4n) is 3.41. The molecule has 1 saturated heterocycles. The van der Waals surface area contributed by atoms with Crippen LogP contribution >= 0.6 is 11.6 Å². The molecule has 2 aromatic rings. The number of aromatic nitrogens is 1. The van der Waals surface area contributed by atoms with Gasteiger partial charge in [-0.1, -0.05) is 18.0 Å². The molecule has 1 fully saturated rings. The van der Waals surface area contributed by atoms with Crippen molar-refractivity contribution in [3.05, 3.63) is 40.7 Å². The van der Waals surface area contributed by atoms with Crippen LogP contribution in [0.1, 0.15) is 43.6 Å². The number of aliphatic hydroxyl groups is 1. The number of hydrogen-bond donors (Lipinski definition) is 1. The molecule has 2 heterocycles. The zero-order valence-electron chi connectivity index (χ0n) is 14.2. The number of aliphatic hydroxyl groups excluding tert-OH is 1. The van der Waals surface area contributed by atoms with Crippen molar-refractivity contribution in [3.63, 3.8) is 0 Å². The van der Waals surface area contributed by atoms with Gasteiger partial charge in [-0.15, -0.1) is 0 Å². The molecule has 4 nitrogen and oxygen atoms in total. The Kier molecular flexibility index (Phi) is 5.93. The molecule has 1 aliphatic rings. The topological polar surface area (TPSA) is 49.5 Å². The second kappa shape index (κ2) is 8.15. The lowest BCUT2D eigenvalue weighted by atomic mass is 9.98. The number of nitrogens with zero attached hydrogens (tertiary/aromatic N) is 2. The molecule has 1 N–H and O–H groups in total. The molecule has 0 aliphatic carbocycles. The quantitative estimate of drug-likeness (QED) is 0.839. The van der Waals surface area contributed by atoms with Crippen LogP contribution in [0.2, 0.25) is 5.02 Å². The number of likely N-dealkylation sites (tertiary alicyclic amines) is 1. The van der Waals surface area contributed by atoms with E-state index in [2.05, 4.69) is 4.90 Å². The van der Waals surface area contributed by atoms with Crippen molar-refractivity contribution in [1.29, 1.82) is 0 Å². The van der Waals surface area contributed by atoms with E-state index in [0.717, 1.165) is 42.9 Å². The molecule has 1 unspecified atom stereocenters. The third kappa shape index (κ3) is 4.18. The molecule has 1 atom stereocenters. The summed E-state index contributed by atoms with van der Waals surface area (Å²) >= 11 is 5.95. The summed E-state index contributed by atoms with van der Waals surface area (Å²) in [5, 5.41) is 9.82. The minimum atomic E-state index is 0.272. The van der Waals surface area contributed by atoms with Gasteiger partial charge in [0.1, 0.15) is 5.76 Å². The average Bonchev–Trinajstić information content (AvgIpc) is 2.95. The number of piperidine rings is 1. The number of benzene rings is 1. The first-order valence-electron chi connectivity index (χ1n) is 8.74. The van der Waals surface area contributed by atoms with Crippen molar-refractivity contribution in [2.45, 2.75) is 51.6 Å². The highest BCUT2D eigenvalue weighted by Gasteiger charge is 2.24. The van der Waals surface area contributed by atoms with Crippen LogP contribution < -0.4 is 0 Å². The molecule has 5 heteroatoms. The summed E-state index contributed by atoms with van der Waals surface area (Å²) in [5.74, 6) is 1.54. The Balaban J connectivity index is 1.73. The third-order valence-electron chi connectivity index (χ3n) is 4.78. The van der Waals surface area contributed by atoms with E-state index >= 15 is 0 Å². The second-order valence-corrected chi connectivity index (χ2v) is 6.95. The average molecular weight is 349 g/mol. The maximum Gasteiger partial charge on any atom is 0.226 e. The van der Waals surface area contributed by atoms with E-state index in [-0.39, 0.29) is 6.61 Å². The molecule has 0 bridgehead atoms. The number of aryl methyl sites for hydroxylation is 1. The zero-order valence-corrected chi connectivity index (χ0v) is 14.9. The van der Waals surface area contributed by atoms with Gasteiger partial charge < -0.3 is 9.52 Å². The smallest absolute Gasteiger partial charge is 0.226 e. The van der Waals surface area contributed by atoms with Crippen molar-refractivity contribution >= 4 is 11.6 Å². The van der Waals surface area contributed by atoms with Crippen molar-refractivity contribution in [2.24, 2.45) is 0 Å². The molecular formula is C19H25ClN2O2. The first-order chi connectivity index (χ1) is 11.7. The van der Waals surface area contributed by atoms with E-state index in [1.54, 1.807) is 0 Å². The lowest BCUT2D eigenvalue weighted by molar-refractivity contribution is 0.122. The molecule has 0 saturated carbocycles. The predicted octanol–water partition coefficient (Wildman–Crippen LogP) is 4.43. The predicted molar refractivity (Wildman–Crippen MR) is 96.1 cm³/mol. The number of rotatable bonds is 6. The largest absolute Gasteiger partial charge is 0.441 e. The summed E-state index contributed by atoms with van der Waals surface area (Å²) in [5.41, 5.74) is 1.96. The van der Waals surface area contributed by atoms with E-state index in [1.165, 1.54) is 19.3 Å². The summed E-state index contributed by atoms with van der Waals surface area (Å²) in [7, 11) is 0. The van der Waals surface area contributed by atoms with Gasteiger partial charge in [-0.2, -0.15) is 0 Å². The lowest BCUT2D eigenvalue weighted by Gasteiger charge is -2.35. The van der Waals surface area contributed by atoms with E-state index in [0.29, 0.717) is 17.0 Å². The molecule has 1 aromatic carbocycles. The molecule has 1 aliphatic heterocycles. The van der Waals surface area contributed by atoms with Gasteiger partial charge in [0.15, 0.2) is 0 Å². The van der Waals surface area contributed by atoms with E-state index in [1.807, 2.05) is 31.2 Å². The summed E-state index contributed by atoms with van der Waals surface area (Å²) < 4.78 is 5.88. The zero-order chi connectivity index (χ0) is 16.9. The molecule has 3 rings (SSSR count). The van der Waals surface area contributed by atoms with Crippen LogP contribution in [0.4, 0.5) is 0 Å². The first-order valence-corrected chi connectivity index (χ1v) is 9.12. The van der Waals surface area contributed by atoms with Crippen molar-refractivity contribution in [1.82, 2.24) is 9.88 Å². The van der Waals surface area contributed by atoms with Crippen LogP contribution in [0.5, 0.6) is 0 Å². The molecule has 0 spiro atoms. The van der Waals surface area contributed by atoms with Crippen molar-refractivity contribution < 1.29 is 9.52 Å². The van der Waals surface area contributed by atoms with Gasteiger partial charge in [-0.05, 0) is 63.4 Å². The van der Waals surface area contributed by atoms with Gasteiger partial charge in [0, 0.05) is 29.8 Å². The monoisotopic (exact) mass is 348 g/mol. The van der Waals surface area contributed by atoms with Crippen LogP contribution in [0, 0.1) is 6.92 Å². The van der Waals surface area contributed by atoms with Crippen LogP contribution in [-0.2, 0) is 6.54 Å². The van der Waals surface area contributed by atoms with Gasteiger partial charge in [-0.3, -0.25) is 4.90 Å². The Morgan fingerprint density at radius 3 is 2.83 bits per heavy atom. The van der Waals surface area contributed by atoms with Gasteiger partial charge in [0.25, 0.3) is 0 Å². The van der Waals surface area contributed by atoms with E-state index in [9.17, 15) is 0 Å². The van der Waals surface area contributed by atoms with Gasteiger partial charge in [-0.25, -0.2) is 4.98 Å². The van der Waals surface area contributed by atoms with Crippen LogP contribution in [0.3, 0.4) is 0 Å². The highest BCUT2D eigenvalue weighted by atomic mass is 35.5. The third-order valence-corrected chi connectivity index (χ3v) is 5.03. The number of oxazole rings is 1. The molecule has 1 aromatic heterocycles. The van der Waals surface area contributed by atoms with E-state index in [4.69, 9.17) is 26.1 Å². The molecular weight excluding hydrogens is 324 g/mol. The fourth-order valence-corrected chi connectivity index (χ4v) is 3.53. The maximum atomic E-state index is 9.11. The maximum absolute atomic E-state index is 9.11. The Labute approximate surface area is 148 Å². The molecule has 24 heavy (non-hydrogen) atoms. The first kappa shape index (κ1) is 17.5. The van der Waals surface area contributed by atoms with Crippen LogP contribution in [-0.4, -0.2) is 34.2 Å². The Bertz CT molecular complexity index is 654. The second-order valence-electron chi connectivity index (χ2n) is 6.51. The van der Waals surface area contributed by atoms with Gasteiger partial charge in [0.05, 0.1) is 5.69 Å². The van der Waals surface area contributed by atoms with Gasteiger partial charge >= 0.3 is 0 Å². The summed E-state index contributed by atoms with van der Waals surface area (Å²) in [6.45, 7) is 4.17.